The zero-order chi connectivity index (χ0) is 11.4. The summed E-state index contributed by atoms with van der Waals surface area (Å²) in [5, 5.41) is 2.12. The van der Waals surface area contributed by atoms with E-state index in [1.807, 2.05) is 13.0 Å². The normalized spacial score (nSPS) is 24.1. The number of allylic oxidation sites excluding steroid dienone is 6. The third-order valence-corrected chi connectivity index (χ3v) is 2.85. The molecule has 0 bridgehead atoms. The van der Waals surface area contributed by atoms with Gasteiger partial charge in [-0.2, -0.15) is 0 Å². The van der Waals surface area contributed by atoms with Crippen molar-refractivity contribution in [3.63, 3.8) is 0 Å². The van der Waals surface area contributed by atoms with Crippen molar-refractivity contribution in [1.82, 2.24) is 10.4 Å². The van der Waals surface area contributed by atoms with Crippen molar-refractivity contribution in [1.29, 1.82) is 0 Å². The molecule has 1 heterocycles. The minimum Gasteiger partial charge on any atom is -0.314 e. The standard InChI is InChI=1S/C14H18N2/c1-3-4-5-6-11-14-12-9-7-8-10-13(12)15-16(14)2/h3-10,13,15H,11H2,1-2H3/b4-3-,6-5-. The first-order valence-corrected chi connectivity index (χ1v) is 5.68. The van der Waals surface area contributed by atoms with Crippen LogP contribution < -0.4 is 5.43 Å². The van der Waals surface area contributed by atoms with E-state index in [1.165, 1.54) is 11.3 Å². The van der Waals surface area contributed by atoms with Gasteiger partial charge in [-0.1, -0.05) is 48.6 Å². The Kier molecular flexibility index (Phi) is 3.42. The SMILES string of the molecule is C/C=C\C=C/CC1=C2C=CC=CC2NN1C. The largest absolute Gasteiger partial charge is 0.314 e. The number of nitrogens with zero attached hydrogens (tertiary/aromatic N) is 1. The molecule has 0 aromatic rings. The highest BCUT2D eigenvalue weighted by Crippen LogP contribution is 2.26. The van der Waals surface area contributed by atoms with Crippen LogP contribution in [0.5, 0.6) is 0 Å². The Bertz CT molecular complexity index is 397. The molecule has 0 saturated carbocycles. The summed E-state index contributed by atoms with van der Waals surface area (Å²) in [4.78, 5) is 0. The van der Waals surface area contributed by atoms with Crippen LogP contribution in [0, 0.1) is 0 Å². The topological polar surface area (TPSA) is 15.3 Å². The van der Waals surface area contributed by atoms with E-state index in [-0.39, 0.29) is 0 Å². The molecule has 1 unspecified atom stereocenters. The van der Waals surface area contributed by atoms with E-state index < -0.39 is 0 Å². The molecule has 0 aromatic heterocycles. The molecule has 1 atom stereocenters. The molecule has 1 aliphatic heterocycles. The lowest BCUT2D eigenvalue weighted by molar-refractivity contribution is 0.320. The molecule has 84 valence electrons. The predicted molar refractivity (Wildman–Crippen MR) is 68.6 cm³/mol. The van der Waals surface area contributed by atoms with E-state index in [4.69, 9.17) is 0 Å². The molecule has 0 radical (unpaired) electrons. The molecular formula is C14H18N2. The minimum atomic E-state index is 0.361. The van der Waals surface area contributed by atoms with Gasteiger partial charge >= 0.3 is 0 Å². The summed E-state index contributed by atoms with van der Waals surface area (Å²) < 4.78 is 0. The zero-order valence-electron chi connectivity index (χ0n) is 9.85. The van der Waals surface area contributed by atoms with Gasteiger partial charge in [0.2, 0.25) is 0 Å². The van der Waals surface area contributed by atoms with Crippen molar-refractivity contribution in [2.75, 3.05) is 7.05 Å². The van der Waals surface area contributed by atoms with E-state index >= 15 is 0 Å². The monoisotopic (exact) mass is 214 g/mol. The predicted octanol–water partition coefficient (Wildman–Crippen LogP) is 2.71. The van der Waals surface area contributed by atoms with Crippen LogP contribution in [0.2, 0.25) is 0 Å². The summed E-state index contributed by atoms with van der Waals surface area (Å²) in [7, 11) is 2.08. The van der Waals surface area contributed by atoms with Gasteiger partial charge in [-0.05, 0) is 12.5 Å². The molecule has 16 heavy (non-hydrogen) atoms. The molecule has 2 aliphatic rings. The van der Waals surface area contributed by atoms with Crippen LogP contribution in [0.3, 0.4) is 0 Å². The van der Waals surface area contributed by atoms with E-state index in [2.05, 4.69) is 60.0 Å². The Labute approximate surface area is 97.3 Å². The second kappa shape index (κ2) is 4.99. The van der Waals surface area contributed by atoms with Gasteiger partial charge in [0.15, 0.2) is 0 Å². The fourth-order valence-corrected chi connectivity index (χ4v) is 2.03. The maximum Gasteiger partial charge on any atom is 0.0713 e. The maximum atomic E-state index is 3.42. The van der Waals surface area contributed by atoms with Gasteiger partial charge in [0.1, 0.15) is 0 Å². The first kappa shape index (κ1) is 11.0. The highest BCUT2D eigenvalue weighted by molar-refractivity contribution is 5.42. The van der Waals surface area contributed by atoms with Gasteiger partial charge in [-0.3, -0.25) is 0 Å². The second-order valence-electron chi connectivity index (χ2n) is 3.97. The molecule has 0 spiro atoms. The Balaban J connectivity index is 2.12. The van der Waals surface area contributed by atoms with Crippen LogP contribution in [-0.4, -0.2) is 18.1 Å². The van der Waals surface area contributed by atoms with Crippen molar-refractivity contribution < 1.29 is 0 Å². The maximum absolute atomic E-state index is 3.42. The van der Waals surface area contributed by atoms with Crippen molar-refractivity contribution in [2.45, 2.75) is 19.4 Å². The van der Waals surface area contributed by atoms with Gasteiger partial charge in [0.05, 0.1) is 6.04 Å². The van der Waals surface area contributed by atoms with Crippen LogP contribution in [0.15, 0.2) is 59.9 Å². The van der Waals surface area contributed by atoms with Crippen LogP contribution in [0.4, 0.5) is 0 Å². The number of hydrazine groups is 1. The van der Waals surface area contributed by atoms with E-state index in [1.54, 1.807) is 0 Å². The number of hydrogen-bond donors (Lipinski definition) is 1. The van der Waals surface area contributed by atoms with Crippen LogP contribution in [0.25, 0.3) is 0 Å². The Morgan fingerprint density at radius 2 is 2.25 bits per heavy atom. The van der Waals surface area contributed by atoms with Crippen molar-refractivity contribution in [2.24, 2.45) is 0 Å². The van der Waals surface area contributed by atoms with Crippen LogP contribution in [-0.2, 0) is 0 Å². The summed E-state index contributed by atoms with van der Waals surface area (Å²) in [5.41, 5.74) is 6.15. The number of hydrogen-bond acceptors (Lipinski definition) is 2. The summed E-state index contributed by atoms with van der Waals surface area (Å²) in [6, 6.07) is 0.361. The van der Waals surface area contributed by atoms with Gasteiger partial charge in [0, 0.05) is 19.2 Å². The first-order valence-electron chi connectivity index (χ1n) is 5.68. The van der Waals surface area contributed by atoms with E-state index in [9.17, 15) is 0 Å². The Morgan fingerprint density at radius 1 is 1.38 bits per heavy atom. The van der Waals surface area contributed by atoms with Gasteiger partial charge < -0.3 is 5.01 Å². The lowest BCUT2D eigenvalue weighted by Crippen LogP contribution is -2.33. The van der Waals surface area contributed by atoms with E-state index in [0.717, 1.165) is 6.42 Å². The molecule has 2 nitrogen and oxygen atoms in total. The van der Waals surface area contributed by atoms with Gasteiger partial charge in [-0.25, -0.2) is 5.43 Å². The summed E-state index contributed by atoms with van der Waals surface area (Å²) in [6.07, 6.45) is 17.9. The quantitative estimate of drug-likeness (QED) is 0.727. The molecule has 2 rings (SSSR count). The minimum absolute atomic E-state index is 0.361. The smallest absolute Gasteiger partial charge is 0.0713 e. The molecule has 2 heteroatoms. The summed E-state index contributed by atoms with van der Waals surface area (Å²) >= 11 is 0. The molecule has 0 aromatic carbocycles. The molecular weight excluding hydrogens is 196 g/mol. The van der Waals surface area contributed by atoms with Crippen molar-refractivity contribution in [3.8, 4) is 0 Å². The zero-order valence-corrected chi connectivity index (χ0v) is 9.85. The molecule has 0 fully saturated rings. The van der Waals surface area contributed by atoms with E-state index in [0.29, 0.717) is 6.04 Å². The molecule has 0 amide bonds. The average Bonchev–Trinajstić information content (AvgIpc) is 2.61. The first-order chi connectivity index (χ1) is 7.83. The third kappa shape index (κ3) is 2.17. The highest BCUT2D eigenvalue weighted by atomic mass is 15.5. The van der Waals surface area contributed by atoms with Crippen molar-refractivity contribution >= 4 is 0 Å². The lowest BCUT2D eigenvalue weighted by atomic mass is 10.0. The molecule has 0 saturated heterocycles. The number of rotatable bonds is 3. The Hall–Kier alpha value is -1.54. The fourth-order valence-electron chi connectivity index (χ4n) is 2.03. The second-order valence-corrected chi connectivity index (χ2v) is 3.97. The fraction of sp³-hybridized carbons (Fsp3) is 0.286. The third-order valence-electron chi connectivity index (χ3n) is 2.85. The summed E-state index contributed by atoms with van der Waals surface area (Å²) in [5.74, 6) is 0. The summed E-state index contributed by atoms with van der Waals surface area (Å²) in [6.45, 7) is 2.03. The van der Waals surface area contributed by atoms with Crippen molar-refractivity contribution in [3.05, 3.63) is 59.9 Å². The van der Waals surface area contributed by atoms with Gasteiger partial charge in [-0.15, -0.1) is 0 Å². The van der Waals surface area contributed by atoms with Crippen LogP contribution in [0.1, 0.15) is 13.3 Å². The number of fused-ring (bicyclic) bond motifs is 1. The van der Waals surface area contributed by atoms with Gasteiger partial charge in [0.25, 0.3) is 0 Å². The molecule has 1 N–H and O–H groups in total. The van der Waals surface area contributed by atoms with Crippen LogP contribution >= 0.6 is 0 Å². The number of nitrogens with one attached hydrogen (secondary N) is 1. The Morgan fingerprint density at radius 3 is 3.06 bits per heavy atom. The lowest BCUT2D eigenvalue weighted by Gasteiger charge is -2.16. The average molecular weight is 214 g/mol. The highest BCUT2D eigenvalue weighted by Gasteiger charge is 2.25. The molecule has 1 aliphatic carbocycles.